The van der Waals surface area contributed by atoms with Gasteiger partial charge >= 0.3 is 0 Å². The average molecular weight is 368 g/mol. The molecule has 1 amide bonds. The van der Waals surface area contributed by atoms with Crippen LogP contribution in [0.3, 0.4) is 0 Å². The highest BCUT2D eigenvalue weighted by atomic mass is 35.5. The van der Waals surface area contributed by atoms with Gasteiger partial charge in [0.1, 0.15) is 11.6 Å². The number of nitrogens with one attached hydrogen (secondary N) is 2. The van der Waals surface area contributed by atoms with E-state index in [0.29, 0.717) is 12.3 Å². The van der Waals surface area contributed by atoms with E-state index in [9.17, 15) is 9.18 Å². The first kappa shape index (κ1) is 19.4. The number of furan rings is 1. The lowest BCUT2D eigenvalue weighted by molar-refractivity contribution is 0.0924. The zero-order valence-corrected chi connectivity index (χ0v) is 14.8. The van der Waals surface area contributed by atoms with Crippen molar-refractivity contribution in [1.82, 2.24) is 15.5 Å². The van der Waals surface area contributed by atoms with E-state index < -0.39 is 0 Å². The van der Waals surface area contributed by atoms with Gasteiger partial charge in [0, 0.05) is 38.3 Å². The lowest BCUT2D eigenvalue weighted by atomic mass is 10.2. The van der Waals surface area contributed by atoms with Crippen molar-refractivity contribution < 1.29 is 13.6 Å². The molecule has 0 unspecified atom stereocenters. The van der Waals surface area contributed by atoms with Crippen molar-refractivity contribution in [3.63, 3.8) is 0 Å². The lowest BCUT2D eigenvalue weighted by Crippen LogP contribution is -2.44. The number of nitrogens with zero attached hydrogens (tertiary/aromatic N) is 1. The molecule has 1 aromatic heterocycles. The predicted molar refractivity (Wildman–Crippen MR) is 97.6 cm³/mol. The van der Waals surface area contributed by atoms with Gasteiger partial charge < -0.3 is 20.0 Å². The van der Waals surface area contributed by atoms with Crippen molar-refractivity contribution >= 4 is 18.3 Å². The molecule has 1 fully saturated rings. The maximum absolute atomic E-state index is 12.9. The molecule has 1 aromatic carbocycles. The average Bonchev–Trinajstić information content (AvgIpc) is 3.10. The molecule has 25 heavy (non-hydrogen) atoms. The fourth-order valence-electron chi connectivity index (χ4n) is 2.76. The Bertz CT molecular complexity index is 669. The van der Waals surface area contributed by atoms with E-state index in [4.69, 9.17) is 4.42 Å². The molecule has 0 spiro atoms. The van der Waals surface area contributed by atoms with Crippen molar-refractivity contribution in [2.45, 2.75) is 6.42 Å². The molecule has 3 rings (SSSR count). The number of carbonyl (C=O) groups excluding carboxylic acids is 1. The minimum atomic E-state index is -0.298. The quantitative estimate of drug-likeness (QED) is 0.770. The molecule has 0 atom stereocenters. The second-order valence-electron chi connectivity index (χ2n) is 5.87. The number of rotatable bonds is 6. The summed E-state index contributed by atoms with van der Waals surface area (Å²) in [5.74, 6) is 0.314. The summed E-state index contributed by atoms with van der Waals surface area (Å²) in [5, 5.41) is 6.20. The third-order valence-electron chi connectivity index (χ3n) is 4.10. The molecule has 2 aromatic rings. The van der Waals surface area contributed by atoms with Crippen LogP contribution in [0.25, 0.3) is 11.3 Å². The van der Waals surface area contributed by atoms with Crippen LogP contribution in [-0.4, -0.2) is 50.1 Å². The molecule has 5 nitrogen and oxygen atoms in total. The summed E-state index contributed by atoms with van der Waals surface area (Å²) >= 11 is 0. The Hall–Kier alpha value is -1.89. The first-order valence-corrected chi connectivity index (χ1v) is 8.29. The van der Waals surface area contributed by atoms with E-state index >= 15 is 0 Å². The summed E-state index contributed by atoms with van der Waals surface area (Å²) in [4.78, 5) is 14.5. The van der Waals surface area contributed by atoms with Crippen LogP contribution in [0.2, 0.25) is 0 Å². The smallest absolute Gasteiger partial charge is 0.287 e. The Morgan fingerprint density at radius 2 is 1.88 bits per heavy atom. The molecule has 2 N–H and O–H groups in total. The topological polar surface area (TPSA) is 57.5 Å². The minimum Gasteiger partial charge on any atom is -0.451 e. The second-order valence-corrected chi connectivity index (χ2v) is 5.87. The Balaban J connectivity index is 0.00000225. The summed E-state index contributed by atoms with van der Waals surface area (Å²) in [6, 6.07) is 9.36. The SMILES string of the molecule is Cl.O=C(NCCCN1CCNCC1)c1ccc(-c2ccc(F)cc2)o1. The van der Waals surface area contributed by atoms with Crippen LogP contribution in [0.5, 0.6) is 0 Å². The van der Waals surface area contributed by atoms with Gasteiger partial charge in [0.05, 0.1) is 0 Å². The number of piperazine rings is 1. The van der Waals surface area contributed by atoms with Crippen LogP contribution in [-0.2, 0) is 0 Å². The van der Waals surface area contributed by atoms with Crippen LogP contribution in [0, 0.1) is 5.82 Å². The van der Waals surface area contributed by atoms with Gasteiger partial charge in [-0.05, 0) is 49.4 Å². The molecule has 0 aliphatic carbocycles. The van der Waals surface area contributed by atoms with E-state index in [1.165, 1.54) is 12.1 Å². The van der Waals surface area contributed by atoms with Gasteiger partial charge in [-0.3, -0.25) is 4.79 Å². The third kappa shape index (κ3) is 5.56. The summed E-state index contributed by atoms with van der Waals surface area (Å²) in [5.41, 5.74) is 0.745. The molecule has 1 aliphatic heterocycles. The van der Waals surface area contributed by atoms with E-state index in [0.717, 1.165) is 44.7 Å². The molecule has 0 bridgehead atoms. The van der Waals surface area contributed by atoms with Gasteiger partial charge in [-0.2, -0.15) is 0 Å². The second kappa shape index (κ2) is 9.56. The highest BCUT2D eigenvalue weighted by Crippen LogP contribution is 2.22. The van der Waals surface area contributed by atoms with E-state index in [1.807, 2.05) is 0 Å². The Kier molecular flexibility index (Phi) is 7.43. The predicted octanol–water partition coefficient (Wildman–Crippen LogP) is 2.53. The first-order valence-electron chi connectivity index (χ1n) is 8.29. The molecular weight excluding hydrogens is 345 g/mol. The van der Waals surface area contributed by atoms with Gasteiger partial charge in [-0.15, -0.1) is 12.4 Å². The summed E-state index contributed by atoms with van der Waals surface area (Å²) < 4.78 is 18.5. The molecule has 136 valence electrons. The van der Waals surface area contributed by atoms with Crippen molar-refractivity contribution in [2.75, 3.05) is 39.3 Å². The van der Waals surface area contributed by atoms with Gasteiger partial charge in [0.25, 0.3) is 5.91 Å². The highest BCUT2D eigenvalue weighted by Gasteiger charge is 2.13. The van der Waals surface area contributed by atoms with Crippen molar-refractivity contribution in [1.29, 1.82) is 0 Å². The van der Waals surface area contributed by atoms with Crippen LogP contribution in [0.4, 0.5) is 4.39 Å². The monoisotopic (exact) mass is 367 g/mol. The Labute approximate surface area is 153 Å². The summed E-state index contributed by atoms with van der Waals surface area (Å²) in [7, 11) is 0. The minimum absolute atomic E-state index is 0. The van der Waals surface area contributed by atoms with E-state index in [1.54, 1.807) is 24.3 Å². The highest BCUT2D eigenvalue weighted by molar-refractivity contribution is 5.92. The number of hydrogen-bond donors (Lipinski definition) is 2. The fourth-order valence-corrected chi connectivity index (χ4v) is 2.76. The maximum Gasteiger partial charge on any atom is 0.287 e. The lowest BCUT2D eigenvalue weighted by Gasteiger charge is -2.26. The number of carbonyl (C=O) groups is 1. The molecule has 0 radical (unpaired) electrons. The molecule has 1 aliphatic rings. The third-order valence-corrected chi connectivity index (χ3v) is 4.10. The molecule has 7 heteroatoms. The number of hydrogen-bond acceptors (Lipinski definition) is 4. The van der Waals surface area contributed by atoms with Crippen molar-refractivity contribution in [3.05, 3.63) is 48.0 Å². The normalized spacial score (nSPS) is 14.8. The Morgan fingerprint density at radius 3 is 2.60 bits per heavy atom. The molecule has 0 saturated carbocycles. The van der Waals surface area contributed by atoms with Crippen LogP contribution >= 0.6 is 12.4 Å². The number of benzene rings is 1. The Morgan fingerprint density at radius 1 is 1.16 bits per heavy atom. The van der Waals surface area contributed by atoms with Crippen LogP contribution in [0.15, 0.2) is 40.8 Å². The summed E-state index contributed by atoms with van der Waals surface area (Å²) in [6.07, 6.45) is 0.914. The standard InChI is InChI=1S/C18H22FN3O2.ClH/c19-15-4-2-14(3-5-15)16-6-7-17(24-16)18(23)21-8-1-11-22-12-9-20-10-13-22;/h2-7,20H,1,8-13H2,(H,21,23);1H. The van der Waals surface area contributed by atoms with Gasteiger partial charge in [0.15, 0.2) is 5.76 Å². The zero-order chi connectivity index (χ0) is 16.8. The number of amides is 1. The van der Waals surface area contributed by atoms with Gasteiger partial charge in [-0.1, -0.05) is 0 Å². The van der Waals surface area contributed by atoms with Gasteiger partial charge in [-0.25, -0.2) is 4.39 Å². The van der Waals surface area contributed by atoms with Crippen LogP contribution in [0.1, 0.15) is 17.0 Å². The molecule has 2 heterocycles. The first-order chi connectivity index (χ1) is 11.7. The zero-order valence-electron chi connectivity index (χ0n) is 14.0. The van der Waals surface area contributed by atoms with Crippen molar-refractivity contribution in [2.24, 2.45) is 0 Å². The molecule has 1 saturated heterocycles. The fraction of sp³-hybridized carbons (Fsp3) is 0.389. The maximum atomic E-state index is 12.9. The van der Waals surface area contributed by atoms with Crippen molar-refractivity contribution in [3.8, 4) is 11.3 Å². The van der Waals surface area contributed by atoms with Gasteiger partial charge in [0.2, 0.25) is 0 Å². The number of halogens is 2. The molecular formula is C18H23ClFN3O2. The summed E-state index contributed by atoms with van der Waals surface area (Å²) in [6.45, 7) is 5.80. The van der Waals surface area contributed by atoms with E-state index in [2.05, 4.69) is 15.5 Å². The largest absolute Gasteiger partial charge is 0.451 e. The van der Waals surface area contributed by atoms with E-state index in [-0.39, 0.29) is 29.9 Å². The van der Waals surface area contributed by atoms with Crippen LogP contribution < -0.4 is 10.6 Å².